The number of rotatable bonds is 2. The standard InChI is InChI=1S/C12H18BrN3/c1-9(13)11-3-7-16(8-4-11)12-10(2)14-5-6-15-12/h5-6,9,11H,3-4,7-8H2,1-2H3. The number of hydrogen-bond donors (Lipinski definition) is 0. The van der Waals surface area contributed by atoms with Gasteiger partial charge in [0.05, 0.1) is 5.69 Å². The first-order valence-corrected chi connectivity index (χ1v) is 6.76. The largest absolute Gasteiger partial charge is 0.355 e. The SMILES string of the molecule is Cc1nccnc1N1CCC(C(C)Br)CC1. The maximum atomic E-state index is 4.42. The van der Waals surface area contributed by atoms with Gasteiger partial charge in [-0.25, -0.2) is 4.98 Å². The minimum Gasteiger partial charge on any atom is -0.355 e. The van der Waals surface area contributed by atoms with Crippen LogP contribution in [-0.4, -0.2) is 27.9 Å². The highest BCUT2D eigenvalue weighted by atomic mass is 79.9. The van der Waals surface area contributed by atoms with E-state index in [9.17, 15) is 0 Å². The number of aromatic nitrogens is 2. The summed E-state index contributed by atoms with van der Waals surface area (Å²) in [6.45, 7) is 6.47. The zero-order chi connectivity index (χ0) is 11.5. The second kappa shape index (κ2) is 5.13. The van der Waals surface area contributed by atoms with Crippen LogP contribution in [0.5, 0.6) is 0 Å². The number of halogens is 1. The highest BCUT2D eigenvalue weighted by Gasteiger charge is 2.23. The van der Waals surface area contributed by atoms with E-state index in [1.807, 2.05) is 6.92 Å². The molecule has 1 aromatic heterocycles. The molecule has 2 heterocycles. The Morgan fingerprint density at radius 2 is 1.94 bits per heavy atom. The van der Waals surface area contributed by atoms with E-state index < -0.39 is 0 Å². The van der Waals surface area contributed by atoms with Crippen LogP contribution >= 0.6 is 15.9 Å². The second-order valence-electron chi connectivity index (χ2n) is 4.47. The van der Waals surface area contributed by atoms with Gasteiger partial charge in [-0.05, 0) is 25.7 Å². The van der Waals surface area contributed by atoms with Crippen LogP contribution in [0.25, 0.3) is 0 Å². The minimum absolute atomic E-state index is 0.623. The molecule has 0 bridgehead atoms. The van der Waals surface area contributed by atoms with E-state index in [4.69, 9.17) is 0 Å². The van der Waals surface area contributed by atoms with Crippen LogP contribution < -0.4 is 4.90 Å². The maximum absolute atomic E-state index is 4.42. The molecule has 1 unspecified atom stereocenters. The van der Waals surface area contributed by atoms with E-state index in [2.05, 4.69) is 37.7 Å². The molecule has 4 heteroatoms. The third-order valence-electron chi connectivity index (χ3n) is 3.34. The van der Waals surface area contributed by atoms with Gasteiger partial charge in [0, 0.05) is 30.3 Å². The Labute approximate surface area is 105 Å². The Morgan fingerprint density at radius 1 is 1.31 bits per heavy atom. The molecule has 0 radical (unpaired) electrons. The highest BCUT2D eigenvalue weighted by Crippen LogP contribution is 2.27. The van der Waals surface area contributed by atoms with Gasteiger partial charge in [0.1, 0.15) is 5.82 Å². The lowest BCUT2D eigenvalue weighted by Gasteiger charge is -2.34. The average Bonchev–Trinajstić information content (AvgIpc) is 2.30. The van der Waals surface area contributed by atoms with Gasteiger partial charge in [-0.3, -0.25) is 4.98 Å². The van der Waals surface area contributed by atoms with Gasteiger partial charge in [-0.15, -0.1) is 0 Å². The smallest absolute Gasteiger partial charge is 0.150 e. The summed E-state index contributed by atoms with van der Waals surface area (Å²) < 4.78 is 0. The lowest BCUT2D eigenvalue weighted by Crippen LogP contribution is -2.36. The van der Waals surface area contributed by atoms with Crippen molar-refractivity contribution in [3.8, 4) is 0 Å². The predicted octanol–water partition coefficient (Wildman–Crippen LogP) is 2.78. The van der Waals surface area contributed by atoms with Crippen LogP contribution in [-0.2, 0) is 0 Å². The molecule has 0 aliphatic carbocycles. The summed E-state index contributed by atoms with van der Waals surface area (Å²) in [4.78, 5) is 11.7. The molecule has 1 fully saturated rings. The van der Waals surface area contributed by atoms with Crippen molar-refractivity contribution < 1.29 is 0 Å². The third kappa shape index (κ3) is 2.54. The molecular formula is C12H18BrN3. The van der Waals surface area contributed by atoms with E-state index in [1.165, 1.54) is 12.8 Å². The van der Waals surface area contributed by atoms with Gasteiger partial charge in [-0.2, -0.15) is 0 Å². The second-order valence-corrected chi connectivity index (χ2v) is 5.91. The van der Waals surface area contributed by atoms with Crippen LogP contribution in [0.15, 0.2) is 12.4 Å². The number of hydrogen-bond acceptors (Lipinski definition) is 3. The Morgan fingerprint density at radius 3 is 2.50 bits per heavy atom. The highest BCUT2D eigenvalue weighted by molar-refractivity contribution is 9.09. The molecule has 1 aliphatic rings. The van der Waals surface area contributed by atoms with Crippen molar-refractivity contribution in [1.29, 1.82) is 0 Å². The first kappa shape index (κ1) is 11.8. The van der Waals surface area contributed by atoms with Crippen LogP contribution in [0, 0.1) is 12.8 Å². The van der Waals surface area contributed by atoms with E-state index in [0.29, 0.717) is 4.83 Å². The first-order valence-electron chi connectivity index (χ1n) is 5.85. The van der Waals surface area contributed by atoms with Crippen molar-refractivity contribution in [3.63, 3.8) is 0 Å². The summed E-state index contributed by atoms with van der Waals surface area (Å²) in [6, 6.07) is 0. The molecule has 0 amide bonds. The molecule has 0 spiro atoms. The molecule has 3 nitrogen and oxygen atoms in total. The minimum atomic E-state index is 0.623. The van der Waals surface area contributed by atoms with Crippen LogP contribution in [0.4, 0.5) is 5.82 Å². The topological polar surface area (TPSA) is 29.0 Å². The Balaban J connectivity index is 2.02. The summed E-state index contributed by atoms with van der Waals surface area (Å²) in [5.41, 5.74) is 1.04. The Hall–Kier alpha value is -0.640. The van der Waals surface area contributed by atoms with Crippen LogP contribution in [0.2, 0.25) is 0 Å². The molecule has 1 aromatic rings. The molecule has 1 saturated heterocycles. The zero-order valence-corrected chi connectivity index (χ0v) is 11.4. The number of alkyl halides is 1. The Bertz CT molecular complexity index is 346. The molecule has 0 saturated carbocycles. The van der Waals surface area contributed by atoms with Gasteiger partial charge in [0.2, 0.25) is 0 Å². The molecular weight excluding hydrogens is 266 g/mol. The summed E-state index contributed by atoms with van der Waals surface area (Å²) in [7, 11) is 0. The lowest BCUT2D eigenvalue weighted by atomic mass is 9.94. The van der Waals surface area contributed by atoms with Crippen molar-refractivity contribution in [2.75, 3.05) is 18.0 Å². The fourth-order valence-corrected chi connectivity index (χ4v) is 2.81. The van der Waals surface area contributed by atoms with Crippen molar-refractivity contribution >= 4 is 21.7 Å². The molecule has 16 heavy (non-hydrogen) atoms. The van der Waals surface area contributed by atoms with E-state index in [1.54, 1.807) is 12.4 Å². The van der Waals surface area contributed by atoms with Crippen LogP contribution in [0.1, 0.15) is 25.5 Å². The molecule has 88 valence electrons. The van der Waals surface area contributed by atoms with Gasteiger partial charge in [0.15, 0.2) is 0 Å². The number of anilines is 1. The van der Waals surface area contributed by atoms with E-state index in [0.717, 1.165) is 30.5 Å². The molecule has 0 aromatic carbocycles. The first-order chi connectivity index (χ1) is 7.68. The maximum Gasteiger partial charge on any atom is 0.150 e. The van der Waals surface area contributed by atoms with Crippen molar-refractivity contribution in [2.45, 2.75) is 31.5 Å². The fraction of sp³-hybridized carbons (Fsp3) is 0.667. The van der Waals surface area contributed by atoms with E-state index >= 15 is 0 Å². The van der Waals surface area contributed by atoms with Gasteiger partial charge in [0.25, 0.3) is 0 Å². The van der Waals surface area contributed by atoms with Gasteiger partial charge in [-0.1, -0.05) is 22.9 Å². The summed E-state index contributed by atoms with van der Waals surface area (Å²) in [5, 5.41) is 0. The Kier molecular flexibility index (Phi) is 3.79. The molecule has 1 aliphatic heterocycles. The summed E-state index contributed by atoms with van der Waals surface area (Å²) in [6.07, 6.45) is 6.01. The number of nitrogens with zero attached hydrogens (tertiary/aromatic N) is 3. The lowest BCUT2D eigenvalue weighted by molar-refractivity contribution is 0.405. The fourth-order valence-electron chi connectivity index (χ4n) is 2.28. The zero-order valence-electron chi connectivity index (χ0n) is 9.86. The molecule has 2 rings (SSSR count). The average molecular weight is 284 g/mol. The van der Waals surface area contributed by atoms with Gasteiger partial charge < -0.3 is 4.90 Å². The van der Waals surface area contributed by atoms with Crippen LogP contribution in [0.3, 0.4) is 0 Å². The third-order valence-corrected chi connectivity index (χ3v) is 4.09. The van der Waals surface area contributed by atoms with Crippen molar-refractivity contribution in [1.82, 2.24) is 9.97 Å². The monoisotopic (exact) mass is 283 g/mol. The van der Waals surface area contributed by atoms with Gasteiger partial charge >= 0.3 is 0 Å². The number of piperidine rings is 1. The van der Waals surface area contributed by atoms with Crippen molar-refractivity contribution in [2.24, 2.45) is 5.92 Å². The number of aryl methyl sites for hydroxylation is 1. The quantitative estimate of drug-likeness (QED) is 0.782. The van der Waals surface area contributed by atoms with E-state index in [-0.39, 0.29) is 0 Å². The predicted molar refractivity (Wildman–Crippen MR) is 70.1 cm³/mol. The normalized spacial score (nSPS) is 19.8. The molecule has 1 atom stereocenters. The molecule has 0 N–H and O–H groups in total. The summed E-state index contributed by atoms with van der Waals surface area (Å²) in [5.74, 6) is 1.86. The van der Waals surface area contributed by atoms with Crippen molar-refractivity contribution in [3.05, 3.63) is 18.1 Å². The summed E-state index contributed by atoms with van der Waals surface area (Å²) >= 11 is 3.68.